The number of hydrogen-bond donors (Lipinski definition) is 2. The van der Waals surface area contributed by atoms with Gasteiger partial charge in [-0.1, -0.05) is 13.2 Å². The zero-order valence-electron chi connectivity index (χ0n) is 16.3. The Labute approximate surface area is 167 Å². The van der Waals surface area contributed by atoms with E-state index in [9.17, 15) is 24.0 Å². The van der Waals surface area contributed by atoms with E-state index in [2.05, 4.69) is 13.2 Å². The molecule has 0 aliphatic rings. The smallest absolute Gasteiger partial charge is 0.333 e. The van der Waals surface area contributed by atoms with E-state index >= 15 is 0 Å². The second-order valence-corrected chi connectivity index (χ2v) is 6.12. The number of rotatable bonds is 14. The highest BCUT2D eigenvalue weighted by Crippen LogP contribution is 2.04. The molecule has 0 amide bonds. The summed E-state index contributed by atoms with van der Waals surface area (Å²) in [6.07, 6.45) is -1.46. The van der Waals surface area contributed by atoms with E-state index < -0.39 is 62.3 Å². The highest BCUT2D eigenvalue weighted by molar-refractivity contribution is 5.87. The highest BCUT2D eigenvalue weighted by atomic mass is 16.6. The van der Waals surface area contributed by atoms with Gasteiger partial charge >= 0.3 is 29.8 Å². The Morgan fingerprint density at radius 3 is 1.62 bits per heavy atom. The lowest BCUT2D eigenvalue weighted by Crippen LogP contribution is -2.37. The van der Waals surface area contributed by atoms with Crippen LogP contribution in [0.3, 0.4) is 0 Å². The molecule has 162 valence electrons. The van der Waals surface area contributed by atoms with E-state index in [1.54, 1.807) is 0 Å². The van der Waals surface area contributed by atoms with Crippen molar-refractivity contribution >= 4 is 29.8 Å². The summed E-state index contributed by atoms with van der Waals surface area (Å²) in [6.45, 7) is 7.50. The van der Waals surface area contributed by atoms with Gasteiger partial charge in [-0.3, -0.25) is 19.3 Å². The summed E-state index contributed by atoms with van der Waals surface area (Å²) in [4.78, 5) is 57.6. The lowest BCUT2D eigenvalue weighted by Gasteiger charge is -2.20. The monoisotopic (exact) mass is 415 g/mol. The number of aliphatic carboxylic acids is 2. The van der Waals surface area contributed by atoms with E-state index in [0.717, 1.165) is 4.90 Å². The maximum atomic E-state index is 12.0. The van der Waals surface area contributed by atoms with Crippen molar-refractivity contribution in [3.8, 4) is 0 Å². The van der Waals surface area contributed by atoms with Gasteiger partial charge in [0.2, 0.25) is 0 Å². The summed E-state index contributed by atoms with van der Waals surface area (Å²) >= 11 is 0. The zero-order chi connectivity index (χ0) is 22.6. The van der Waals surface area contributed by atoms with E-state index in [-0.39, 0.29) is 24.1 Å². The summed E-state index contributed by atoms with van der Waals surface area (Å²) in [5.41, 5.74) is 0.235. The average Bonchev–Trinajstić information content (AvgIpc) is 2.60. The average molecular weight is 415 g/mol. The van der Waals surface area contributed by atoms with Crippen molar-refractivity contribution < 1.29 is 48.4 Å². The van der Waals surface area contributed by atoms with Crippen LogP contribution in [-0.4, -0.2) is 83.9 Å². The van der Waals surface area contributed by atoms with Gasteiger partial charge in [0.25, 0.3) is 0 Å². The van der Waals surface area contributed by atoms with E-state index in [4.69, 9.17) is 24.4 Å². The normalized spacial score (nSPS) is 10.3. The van der Waals surface area contributed by atoms with Crippen LogP contribution in [0.15, 0.2) is 24.3 Å². The number of ether oxygens (including phenoxy) is 3. The van der Waals surface area contributed by atoms with Crippen LogP contribution in [0.4, 0.5) is 0 Å². The Bertz CT molecular complexity index is 624. The van der Waals surface area contributed by atoms with Crippen molar-refractivity contribution in [2.24, 2.45) is 0 Å². The molecular weight excluding hydrogens is 390 g/mol. The van der Waals surface area contributed by atoms with Crippen molar-refractivity contribution in [1.82, 2.24) is 4.90 Å². The molecule has 0 aromatic heterocycles. The minimum atomic E-state index is -1.25. The van der Waals surface area contributed by atoms with Gasteiger partial charge in [-0.25, -0.2) is 9.59 Å². The molecule has 0 unspecified atom stereocenters. The van der Waals surface area contributed by atoms with Crippen LogP contribution in [0, 0.1) is 0 Å². The molecule has 11 nitrogen and oxygen atoms in total. The largest absolute Gasteiger partial charge is 0.480 e. The third-order valence-electron chi connectivity index (χ3n) is 3.15. The summed E-state index contributed by atoms with van der Waals surface area (Å²) in [5.74, 6) is -4.79. The molecule has 29 heavy (non-hydrogen) atoms. The number of carboxylic acid groups (broad SMARTS) is 2. The first-order valence-corrected chi connectivity index (χ1v) is 8.43. The third kappa shape index (κ3) is 12.7. The Morgan fingerprint density at radius 2 is 1.28 bits per heavy atom. The fourth-order valence-corrected chi connectivity index (χ4v) is 1.79. The fraction of sp³-hybridized carbons (Fsp3) is 0.500. The number of esters is 3. The Kier molecular flexibility index (Phi) is 11.6. The van der Waals surface area contributed by atoms with E-state index in [1.807, 2.05) is 0 Å². The van der Waals surface area contributed by atoms with Crippen LogP contribution >= 0.6 is 0 Å². The fourth-order valence-electron chi connectivity index (χ4n) is 1.79. The number of carbonyl (C=O) groups is 5. The molecule has 0 saturated carbocycles. The van der Waals surface area contributed by atoms with Crippen molar-refractivity contribution in [1.29, 1.82) is 0 Å². The maximum absolute atomic E-state index is 12.0. The number of hydrogen-bond acceptors (Lipinski definition) is 9. The highest BCUT2D eigenvalue weighted by Gasteiger charge is 2.21. The zero-order valence-corrected chi connectivity index (χ0v) is 16.3. The minimum absolute atomic E-state index is 0.118. The van der Waals surface area contributed by atoms with Gasteiger partial charge in [0, 0.05) is 17.7 Å². The van der Waals surface area contributed by atoms with Gasteiger partial charge in [-0.2, -0.15) is 0 Å². The van der Waals surface area contributed by atoms with E-state index in [0.29, 0.717) is 0 Å². The molecule has 0 rings (SSSR count). The molecule has 0 atom stereocenters. The van der Waals surface area contributed by atoms with Crippen LogP contribution in [0.2, 0.25) is 0 Å². The summed E-state index contributed by atoms with van der Waals surface area (Å²) in [5, 5.41) is 17.6. The Morgan fingerprint density at radius 1 is 0.862 bits per heavy atom. The van der Waals surface area contributed by atoms with Crippen molar-refractivity contribution in [3.63, 3.8) is 0 Å². The summed E-state index contributed by atoms with van der Waals surface area (Å²) in [6, 6.07) is 0. The van der Waals surface area contributed by atoms with Crippen molar-refractivity contribution in [3.05, 3.63) is 24.3 Å². The van der Waals surface area contributed by atoms with Gasteiger partial charge in [-0.05, 0) is 13.8 Å². The number of carbonyl (C=O) groups excluding carboxylic acids is 3. The van der Waals surface area contributed by atoms with Gasteiger partial charge in [0.05, 0.1) is 19.5 Å². The lowest BCUT2D eigenvalue weighted by molar-refractivity contribution is -0.164. The molecule has 0 bridgehead atoms. The summed E-state index contributed by atoms with van der Waals surface area (Å²) < 4.78 is 14.9. The molecule has 0 radical (unpaired) electrons. The van der Waals surface area contributed by atoms with Crippen LogP contribution < -0.4 is 0 Å². The molecule has 0 aliphatic carbocycles. The minimum Gasteiger partial charge on any atom is -0.480 e. The van der Waals surface area contributed by atoms with Crippen LogP contribution in [0.1, 0.15) is 20.3 Å². The maximum Gasteiger partial charge on any atom is 0.333 e. The van der Waals surface area contributed by atoms with E-state index in [1.165, 1.54) is 13.8 Å². The third-order valence-corrected chi connectivity index (χ3v) is 3.15. The standard InChI is InChI=1S/C18H25NO10/c1-11(2)17(25)27-9-13(10-28-18(26)12(3)4)29-16(24)5-6-19(7-14(20)21)8-15(22)23/h13H,1,3,5-10H2,2,4H3,(H,20,21)(H,22,23). The lowest BCUT2D eigenvalue weighted by atomic mass is 10.3. The Balaban J connectivity index is 4.83. The van der Waals surface area contributed by atoms with Crippen LogP contribution in [0.5, 0.6) is 0 Å². The van der Waals surface area contributed by atoms with Crippen LogP contribution in [0.25, 0.3) is 0 Å². The van der Waals surface area contributed by atoms with Crippen molar-refractivity contribution in [2.75, 3.05) is 32.8 Å². The van der Waals surface area contributed by atoms with Crippen molar-refractivity contribution in [2.45, 2.75) is 26.4 Å². The van der Waals surface area contributed by atoms with Crippen LogP contribution in [-0.2, 0) is 38.2 Å². The molecule has 11 heteroatoms. The van der Waals surface area contributed by atoms with Gasteiger partial charge < -0.3 is 24.4 Å². The quantitative estimate of drug-likeness (QED) is 0.223. The predicted molar refractivity (Wildman–Crippen MR) is 97.8 cm³/mol. The molecule has 0 heterocycles. The molecule has 0 saturated heterocycles. The molecule has 0 aromatic rings. The molecular formula is C18H25NO10. The first kappa shape index (κ1) is 25.8. The molecule has 0 spiro atoms. The number of nitrogens with zero attached hydrogens (tertiary/aromatic N) is 1. The molecule has 0 fully saturated rings. The van der Waals surface area contributed by atoms with Gasteiger partial charge in [0.15, 0.2) is 6.10 Å². The molecule has 0 aliphatic heterocycles. The van der Waals surface area contributed by atoms with Gasteiger partial charge in [0.1, 0.15) is 13.2 Å². The molecule has 2 N–H and O–H groups in total. The Hall–Kier alpha value is -3.21. The topological polar surface area (TPSA) is 157 Å². The predicted octanol–water partition coefficient (Wildman–Crippen LogP) is -0.00190. The second-order valence-electron chi connectivity index (χ2n) is 6.12. The SMILES string of the molecule is C=C(C)C(=O)OCC(COC(=O)C(=C)C)OC(=O)CCN(CC(=O)O)CC(=O)O. The summed E-state index contributed by atoms with van der Waals surface area (Å²) in [7, 11) is 0. The second kappa shape index (κ2) is 13.0. The number of carboxylic acids is 2. The molecule has 0 aromatic carbocycles. The van der Waals surface area contributed by atoms with Gasteiger partial charge in [-0.15, -0.1) is 0 Å². The first-order chi connectivity index (χ1) is 13.4. The first-order valence-electron chi connectivity index (χ1n) is 8.43.